The largest absolute Gasteiger partial charge is 0.504 e. The van der Waals surface area contributed by atoms with E-state index in [2.05, 4.69) is 27.1 Å². The summed E-state index contributed by atoms with van der Waals surface area (Å²) in [7, 11) is 1.47. The first-order valence-corrected chi connectivity index (χ1v) is 9.53. The van der Waals surface area contributed by atoms with Crippen molar-refractivity contribution in [1.29, 1.82) is 5.26 Å². The Morgan fingerprint density at radius 2 is 2.10 bits per heavy atom. The average Bonchev–Trinajstić information content (AvgIpc) is 3.03. The van der Waals surface area contributed by atoms with Crippen molar-refractivity contribution < 1.29 is 14.6 Å². The minimum atomic E-state index is -0.954. The van der Waals surface area contributed by atoms with E-state index in [1.165, 1.54) is 13.2 Å². The van der Waals surface area contributed by atoms with Crippen molar-refractivity contribution in [3.8, 4) is 29.1 Å². The van der Waals surface area contributed by atoms with Gasteiger partial charge in [0.15, 0.2) is 17.7 Å². The zero-order chi connectivity index (χ0) is 20.7. The monoisotopic (exact) mass is 452 g/mol. The molecule has 2 aromatic carbocycles. The van der Waals surface area contributed by atoms with E-state index in [0.29, 0.717) is 34.0 Å². The van der Waals surface area contributed by atoms with E-state index >= 15 is 0 Å². The molecule has 0 bridgehead atoms. The molecule has 3 aromatic rings. The molecule has 0 fully saturated rings. The Morgan fingerprint density at radius 1 is 1.31 bits per heavy atom. The van der Waals surface area contributed by atoms with E-state index in [1.807, 2.05) is 31.2 Å². The summed E-state index contributed by atoms with van der Waals surface area (Å²) >= 11 is 3.47. The van der Waals surface area contributed by atoms with E-state index in [4.69, 9.17) is 15.2 Å². The van der Waals surface area contributed by atoms with Gasteiger partial charge >= 0.3 is 0 Å². The maximum Gasteiger partial charge on any atom is 0.226 e. The number of nitrogens with two attached hydrogens (primary N) is 1. The molecule has 1 aromatic heterocycles. The summed E-state index contributed by atoms with van der Waals surface area (Å²) in [5.74, 6) is 0.758. The Bertz CT molecular complexity index is 1190. The zero-order valence-corrected chi connectivity index (χ0v) is 17.3. The van der Waals surface area contributed by atoms with Crippen molar-refractivity contribution in [2.24, 2.45) is 5.73 Å². The van der Waals surface area contributed by atoms with E-state index in [-0.39, 0.29) is 11.3 Å². The Balaban J connectivity index is 1.99. The number of fused-ring (bicyclic) bond motifs is 1. The number of hydrogen-bond donors (Lipinski definition) is 2. The van der Waals surface area contributed by atoms with Crippen LogP contribution in [0.3, 0.4) is 0 Å². The summed E-state index contributed by atoms with van der Waals surface area (Å²) in [5, 5.41) is 24.4. The second kappa shape index (κ2) is 7.28. The maximum absolute atomic E-state index is 9.96. The molecule has 8 heteroatoms. The van der Waals surface area contributed by atoms with Gasteiger partial charge in [0.05, 0.1) is 29.6 Å². The van der Waals surface area contributed by atoms with Crippen LogP contribution in [0.15, 0.2) is 52.5 Å². The van der Waals surface area contributed by atoms with Crippen LogP contribution < -0.4 is 15.2 Å². The molecule has 0 aliphatic carbocycles. The highest BCUT2D eigenvalue weighted by Gasteiger charge is 2.33. The number of phenols is 1. The Labute approximate surface area is 175 Å². The molecule has 29 heavy (non-hydrogen) atoms. The highest BCUT2D eigenvalue weighted by Crippen LogP contribution is 2.43. The van der Waals surface area contributed by atoms with Gasteiger partial charge in [0.25, 0.3) is 0 Å². The van der Waals surface area contributed by atoms with Crippen LogP contribution in [0.1, 0.15) is 16.8 Å². The minimum Gasteiger partial charge on any atom is -0.504 e. The third-order valence-electron chi connectivity index (χ3n) is 4.70. The van der Waals surface area contributed by atoms with Crippen LogP contribution in [0.5, 0.6) is 17.4 Å². The van der Waals surface area contributed by atoms with E-state index in [9.17, 15) is 10.4 Å². The highest BCUT2D eigenvalue weighted by atomic mass is 79.9. The van der Waals surface area contributed by atoms with Gasteiger partial charge in [-0.25, -0.2) is 4.68 Å². The van der Waals surface area contributed by atoms with Gasteiger partial charge in [-0.2, -0.15) is 10.4 Å². The standard InChI is InChI=1S/C21H17BrN4O3/c1-11-18-19(12-6-7-16(27)17(8-12)28-2)15(10-23)20(24)29-21(18)26(25-11)14-5-3-4-13(22)9-14/h3-9,20,27H,24H2,1-2H3. The van der Waals surface area contributed by atoms with E-state index < -0.39 is 6.23 Å². The first kappa shape index (κ1) is 19.1. The number of ether oxygens (including phenoxy) is 2. The van der Waals surface area contributed by atoms with Crippen molar-refractivity contribution in [3.05, 3.63) is 69.3 Å². The molecule has 7 nitrogen and oxygen atoms in total. The van der Waals surface area contributed by atoms with Crippen LogP contribution in [0.4, 0.5) is 0 Å². The summed E-state index contributed by atoms with van der Waals surface area (Å²) in [6.07, 6.45) is -0.954. The number of methoxy groups -OCH3 is 1. The Hall–Kier alpha value is -3.28. The molecule has 1 aliphatic heterocycles. The molecular weight excluding hydrogens is 436 g/mol. The van der Waals surface area contributed by atoms with Gasteiger partial charge in [-0.15, -0.1) is 0 Å². The van der Waals surface area contributed by atoms with Crippen LogP contribution in [-0.4, -0.2) is 28.2 Å². The number of aromatic hydroxyl groups is 1. The molecule has 0 saturated heterocycles. The number of nitrogens with zero attached hydrogens (tertiary/aromatic N) is 3. The fourth-order valence-corrected chi connectivity index (χ4v) is 3.78. The number of hydrogen-bond acceptors (Lipinski definition) is 6. The van der Waals surface area contributed by atoms with Crippen LogP contribution in [0, 0.1) is 18.3 Å². The number of benzene rings is 2. The molecule has 0 spiro atoms. The van der Waals surface area contributed by atoms with Gasteiger partial charge in [0.1, 0.15) is 6.07 Å². The zero-order valence-electron chi connectivity index (χ0n) is 15.7. The number of aryl methyl sites for hydroxylation is 1. The van der Waals surface area contributed by atoms with Crippen LogP contribution >= 0.6 is 15.9 Å². The smallest absolute Gasteiger partial charge is 0.226 e. The summed E-state index contributed by atoms with van der Waals surface area (Å²) in [4.78, 5) is 0. The lowest BCUT2D eigenvalue weighted by Gasteiger charge is -2.25. The molecule has 1 unspecified atom stereocenters. The van der Waals surface area contributed by atoms with Crippen LogP contribution in [-0.2, 0) is 0 Å². The van der Waals surface area contributed by atoms with Gasteiger partial charge in [0.2, 0.25) is 5.88 Å². The fraction of sp³-hybridized carbons (Fsp3) is 0.143. The second-order valence-electron chi connectivity index (χ2n) is 6.48. The van der Waals surface area contributed by atoms with E-state index in [0.717, 1.165) is 10.2 Å². The van der Waals surface area contributed by atoms with Crippen molar-refractivity contribution in [2.75, 3.05) is 7.11 Å². The molecule has 146 valence electrons. The number of halogens is 1. The lowest BCUT2D eigenvalue weighted by Crippen LogP contribution is -2.33. The highest BCUT2D eigenvalue weighted by molar-refractivity contribution is 9.10. The first-order valence-electron chi connectivity index (χ1n) is 8.74. The quantitative estimate of drug-likeness (QED) is 0.627. The minimum absolute atomic E-state index is 0.00786. The number of aromatic nitrogens is 2. The summed E-state index contributed by atoms with van der Waals surface area (Å²) in [5.41, 5.74) is 9.90. The second-order valence-corrected chi connectivity index (χ2v) is 7.40. The molecular formula is C21H17BrN4O3. The van der Waals surface area contributed by atoms with Gasteiger partial charge in [-0.05, 0) is 42.8 Å². The molecule has 1 atom stereocenters. The van der Waals surface area contributed by atoms with Crippen molar-refractivity contribution in [2.45, 2.75) is 13.2 Å². The van der Waals surface area contributed by atoms with E-state index in [1.54, 1.807) is 16.8 Å². The predicted octanol–water partition coefficient (Wildman–Crippen LogP) is 3.66. The molecule has 4 rings (SSSR count). The van der Waals surface area contributed by atoms with Crippen molar-refractivity contribution in [1.82, 2.24) is 9.78 Å². The van der Waals surface area contributed by atoms with Crippen LogP contribution in [0.25, 0.3) is 11.3 Å². The summed E-state index contributed by atoms with van der Waals surface area (Å²) < 4.78 is 13.7. The fourth-order valence-electron chi connectivity index (χ4n) is 3.39. The van der Waals surface area contributed by atoms with Gasteiger partial charge in [-0.3, -0.25) is 5.73 Å². The topological polar surface area (TPSA) is 106 Å². The average molecular weight is 453 g/mol. The van der Waals surface area contributed by atoms with Gasteiger partial charge in [0, 0.05) is 10.0 Å². The van der Waals surface area contributed by atoms with Crippen molar-refractivity contribution in [3.63, 3.8) is 0 Å². The lowest BCUT2D eigenvalue weighted by molar-refractivity contribution is 0.228. The molecule has 0 saturated carbocycles. The molecule has 2 heterocycles. The molecule has 0 amide bonds. The van der Waals surface area contributed by atoms with Crippen LogP contribution in [0.2, 0.25) is 0 Å². The molecule has 1 aliphatic rings. The lowest BCUT2D eigenvalue weighted by atomic mass is 9.91. The Morgan fingerprint density at radius 3 is 2.79 bits per heavy atom. The maximum atomic E-state index is 9.96. The number of nitriles is 1. The van der Waals surface area contributed by atoms with Gasteiger partial charge < -0.3 is 14.6 Å². The molecule has 3 N–H and O–H groups in total. The Kier molecular flexibility index (Phi) is 4.78. The SMILES string of the molecule is COc1cc(C2=C(C#N)C(N)Oc3c2c(C)nn3-c2cccc(Br)c2)ccc1O. The van der Waals surface area contributed by atoms with Crippen molar-refractivity contribution >= 4 is 21.5 Å². The first-order chi connectivity index (χ1) is 13.9. The number of rotatable bonds is 3. The third-order valence-corrected chi connectivity index (χ3v) is 5.20. The third kappa shape index (κ3) is 3.14. The number of phenolic OH excluding ortho intramolecular Hbond substituents is 1. The van der Waals surface area contributed by atoms with Gasteiger partial charge in [-0.1, -0.05) is 28.1 Å². The normalized spacial score (nSPS) is 15.5. The predicted molar refractivity (Wildman–Crippen MR) is 111 cm³/mol. The molecule has 0 radical (unpaired) electrons. The summed E-state index contributed by atoms with van der Waals surface area (Å²) in [6.45, 7) is 1.85. The summed E-state index contributed by atoms with van der Waals surface area (Å²) in [6, 6.07) is 14.7.